The van der Waals surface area contributed by atoms with Crippen molar-refractivity contribution in [1.82, 2.24) is 4.98 Å². The molecule has 0 aliphatic rings. The number of methoxy groups -OCH3 is 1. The van der Waals surface area contributed by atoms with Gasteiger partial charge in [0.1, 0.15) is 5.15 Å². The molecule has 16 heavy (non-hydrogen) atoms. The predicted molar refractivity (Wildman–Crippen MR) is 53.4 cm³/mol. The number of aromatic nitrogens is 1. The Morgan fingerprint density at radius 3 is 2.88 bits per heavy atom. The third-order valence-corrected chi connectivity index (χ3v) is 1.77. The Morgan fingerprint density at radius 2 is 2.31 bits per heavy atom. The molecule has 86 valence electrons. The van der Waals surface area contributed by atoms with E-state index in [0.29, 0.717) is 0 Å². The maximum atomic E-state index is 10.8. The van der Waals surface area contributed by atoms with Crippen LogP contribution < -0.4 is 4.74 Å². The van der Waals surface area contributed by atoms with Gasteiger partial charge in [-0.05, 0) is 6.07 Å². The molecule has 0 saturated heterocycles. The number of rotatable bonds is 4. The van der Waals surface area contributed by atoms with Crippen LogP contribution in [0.4, 0.5) is 5.69 Å². The molecule has 7 nitrogen and oxygen atoms in total. The summed E-state index contributed by atoms with van der Waals surface area (Å²) < 4.78 is 9.13. The summed E-state index contributed by atoms with van der Waals surface area (Å²) in [7, 11) is 1.17. The number of ether oxygens (including phenoxy) is 2. The standard InChI is InChI=1S/C8H7ClN2O5/c1-15-7(12)4-16-8-5(11(13)14)2-3-6(9)10-8/h2-3H,4H2,1H3. The molecule has 0 N–H and O–H groups in total. The van der Waals surface area contributed by atoms with Crippen LogP contribution in [0.5, 0.6) is 5.88 Å². The van der Waals surface area contributed by atoms with E-state index in [4.69, 9.17) is 16.3 Å². The summed E-state index contributed by atoms with van der Waals surface area (Å²) >= 11 is 5.54. The van der Waals surface area contributed by atoms with Crippen LogP contribution >= 0.6 is 11.6 Å². The number of hydrogen-bond acceptors (Lipinski definition) is 6. The van der Waals surface area contributed by atoms with E-state index in [2.05, 4.69) is 9.72 Å². The van der Waals surface area contributed by atoms with Crippen LogP contribution in [0, 0.1) is 10.1 Å². The van der Waals surface area contributed by atoms with Gasteiger partial charge in [0.2, 0.25) is 0 Å². The van der Waals surface area contributed by atoms with Crippen molar-refractivity contribution in [3.63, 3.8) is 0 Å². The summed E-state index contributed by atoms with van der Waals surface area (Å²) in [4.78, 5) is 24.3. The molecule has 0 aliphatic heterocycles. The van der Waals surface area contributed by atoms with Crippen molar-refractivity contribution in [3.8, 4) is 5.88 Å². The summed E-state index contributed by atoms with van der Waals surface area (Å²) in [5, 5.41) is 10.6. The van der Waals surface area contributed by atoms with Crippen LogP contribution in [0.3, 0.4) is 0 Å². The van der Waals surface area contributed by atoms with Crippen molar-refractivity contribution >= 4 is 23.3 Å². The number of pyridine rings is 1. The van der Waals surface area contributed by atoms with Gasteiger partial charge in [0.25, 0.3) is 5.88 Å². The summed E-state index contributed by atoms with van der Waals surface area (Å²) in [6.07, 6.45) is 0. The first-order chi connectivity index (χ1) is 7.54. The van der Waals surface area contributed by atoms with Crippen molar-refractivity contribution in [2.24, 2.45) is 0 Å². The highest BCUT2D eigenvalue weighted by Crippen LogP contribution is 2.25. The molecule has 0 atom stereocenters. The smallest absolute Gasteiger partial charge is 0.343 e. The topological polar surface area (TPSA) is 91.6 Å². The highest BCUT2D eigenvalue weighted by atomic mass is 35.5. The SMILES string of the molecule is COC(=O)COc1nc(Cl)ccc1[N+](=O)[O-]. The Balaban J connectivity index is 2.88. The molecule has 0 spiro atoms. The molecule has 1 heterocycles. The monoisotopic (exact) mass is 246 g/mol. The van der Waals surface area contributed by atoms with Gasteiger partial charge in [-0.15, -0.1) is 0 Å². The maximum Gasteiger partial charge on any atom is 0.343 e. The lowest BCUT2D eigenvalue weighted by atomic mass is 10.4. The van der Waals surface area contributed by atoms with E-state index in [9.17, 15) is 14.9 Å². The quantitative estimate of drug-likeness (QED) is 0.343. The van der Waals surface area contributed by atoms with Crippen LogP contribution in [0.25, 0.3) is 0 Å². The average Bonchev–Trinajstić information content (AvgIpc) is 2.25. The number of esters is 1. The first-order valence-corrected chi connectivity index (χ1v) is 4.43. The Hall–Kier alpha value is -1.89. The second-order valence-electron chi connectivity index (χ2n) is 2.58. The van der Waals surface area contributed by atoms with E-state index in [0.717, 1.165) is 6.07 Å². The lowest BCUT2D eigenvalue weighted by Crippen LogP contribution is -2.14. The molecule has 0 aliphatic carbocycles. The minimum absolute atomic E-state index is 0.0328. The van der Waals surface area contributed by atoms with E-state index in [1.54, 1.807) is 0 Å². The molecule has 1 aromatic rings. The summed E-state index contributed by atoms with van der Waals surface area (Å²) in [5.74, 6) is -0.987. The molecule has 0 fully saturated rings. The lowest BCUT2D eigenvalue weighted by molar-refractivity contribution is -0.386. The molecule has 1 aromatic heterocycles. The third kappa shape index (κ3) is 3.06. The number of nitro groups is 1. The largest absolute Gasteiger partial charge is 0.466 e. The Kier molecular flexibility index (Phi) is 4.01. The number of carbonyl (C=O) groups excluding carboxylic acids is 1. The van der Waals surface area contributed by atoms with Crippen molar-refractivity contribution in [2.75, 3.05) is 13.7 Å². The van der Waals surface area contributed by atoms with Gasteiger partial charge in [0, 0.05) is 6.07 Å². The molecule has 0 radical (unpaired) electrons. The zero-order valence-electron chi connectivity index (χ0n) is 8.18. The minimum atomic E-state index is -0.685. The van der Waals surface area contributed by atoms with Crippen LogP contribution in [0.15, 0.2) is 12.1 Å². The van der Waals surface area contributed by atoms with Crippen LogP contribution in [-0.2, 0) is 9.53 Å². The molecular weight excluding hydrogens is 240 g/mol. The molecule has 0 aromatic carbocycles. The van der Waals surface area contributed by atoms with Crippen LogP contribution in [-0.4, -0.2) is 29.6 Å². The number of hydrogen-bond donors (Lipinski definition) is 0. The van der Waals surface area contributed by atoms with Gasteiger partial charge in [-0.1, -0.05) is 11.6 Å². The predicted octanol–water partition coefficient (Wildman–Crippen LogP) is 1.19. The van der Waals surface area contributed by atoms with Gasteiger partial charge in [-0.25, -0.2) is 4.79 Å². The first-order valence-electron chi connectivity index (χ1n) is 4.05. The maximum absolute atomic E-state index is 10.8. The Bertz CT molecular complexity index is 423. The molecule has 0 unspecified atom stereocenters. The lowest BCUT2D eigenvalue weighted by Gasteiger charge is -2.04. The zero-order valence-corrected chi connectivity index (χ0v) is 8.93. The van der Waals surface area contributed by atoms with E-state index in [-0.39, 0.29) is 16.7 Å². The van der Waals surface area contributed by atoms with E-state index < -0.39 is 17.5 Å². The highest BCUT2D eigenvalue weighted by molar-refractivity contribution is 6.29. The zero-order chi connectivity index (χ0) is 12.1. The van der Waals surface area contributed by atoms with Crippen molar-refractivity contribution < 1.29 is 19.2 Å². The van der Waals surface area contributed by atoms with Gasteiger partial charge < -0.3 is 9.47 Å². The third-order valence-electron chi connectivity index (χ3n) is 1.56. The number of nitrogens with zero attached hydrogens (tertiary/aromatic N) is 2. The average molecular weight is 247 g/mol. The van der Waals surface area contributed by atoms with Crippen molar-refractivity contribution in [1.29, 1.82) is 0 Å². The fourth-order valence-corrected chi connectivity index (χ4v) is 0.982. The molecule has 0 saturated carbocycles. The summed E-state index contributed by atoms with van der Waals surface area (Å²) in [6.45, 7) is -0.468. The van der Waals surface area contributed by atoms with Gasteiger partial charge in [-0.3, -0.25) is 10.1 Å². The molecule has 8 heteroatoms. The molecule has 0 amide bonds. The van der Waals surface area contributed by atoms with Gasteiger partial charge >= 0.3 is 11.7 Å². The van der Waals surface area contributed by atoms with Crippen molar-refractivity contribution in [2.45, 2.75) is 0 Å². The summed E-state index contributed by atoms with van der Waals surface area (Å²) in [6, 6.07) is 2.40. The molecule has 1 rings (SSSR count). The second-order valence-corrected chi connectivity index (χ2v) is 2.97. The van der Waals surface area contributed by atoms with Crippen LogP contribution in [0.1, 0.15) is 0 Å². The van der Waals surface area contributed by atoms with Gasteiger partial charge in [-0.2, -0.15) is 4.98 Å². The Morgan fingerprint density at radius 1 is 1.62 bits per heavy atom. The minimum Gasteiger partial charge on any atom is -0.466 e. The number of halogens is 1. The van der Waals surface area contributed by atoms with Gasteiger partial charge in [0.15, 0.2) is 6.61 Å². The number of carbonyl (C=O) groups is 1. The molecular formula is C8H7ClN2O5. The summed E-state index contributed by atoms with van der Waals surface area (Å²) in [5.41, 5.74) is -0.367. The Labute approximate surface area is 95.1 Å². The fraction of sp³-hybridized carbons (Fsp3) is 0.250. The normalized spacial score (nSPS) is 9.62. The van der Waals surface area contributed by atoms with Crippen molar-refractivity contribution in [3.05, 3.63) is 27.4 Å². The molecule has 0 bridgehead atoms. The van der Waals surface area contributed by atoms with E-state index in [1.807, 2.05) is 0 Å². The highest BCUT2D eigenvalue weighted by Gasteiger charge is 2.18. The van der Waals surface area contributed by atoms with E-state index >= 15 is 0 Å². The fourth-order valence-electron chi connectivity index (χ4n) is 0.842. The second kappa shape index (κ2) is 5.26. The first kappa shape index (κ1) is 12.2. The van der Waals surface area contributed by atoms with Gasteiger partial charge in [0.05, 0.1) is 12.0 Å². The van der Waals surface area contributed by atoms with Crippen LogP contribution in [0.2, 0.25) is 5.15 Å². The van der Waals surface area contributed by atoms with E-state index in [1.165, 1.54) is 13.2 Å².